The molecule has 98 valence electrons. The molecule has 4 heteroatoms. The fourth-order valence-electron chi connectivity index (χ4n) is 2.37. The van der Waals surface area contributed by atoms with Gasteiger partial charge in [0.25, 0.3) is 5.91 Å². The number of halogens is 1. The van der Waals surface area contributed by atoms with Crippen LogP contribution in [-0.2, 0) is 0 Å². The summed E-state index contributed by atoms with van der Waals surface area (Å²) in [5.74, 6) is 0.0786. The van der Waals surface area contributed by atoms with Crippen LogP contribution in [0.1, 0.15) is 35.2 Å². The van der Waals surface area contributed by atoms with Gasteiger partial charge in [-0.3, -0.25) is 4.79 Å². The predicted molar refractivity (Wildman–Crippen MR) is 86.3 cm³/mol. The second kappa shape index (κ2) is 6.28. The first kappa shape index (κ1) is 14.2. The van der Waals surface area contributed by atoms with E-state index < -0.39 is 0 Å². The minimum atomic E-state index is 0.0786. The molecule has 0 aliphatic heterocycles. The average Bonchev–Trinajstić information content (AvgIpc) is 2.80. The summed E-state index contributed by atoms with van der Waals surface area (Å²) < 4.78 is 1.06. The van der Waals surface area contributed by atoms with E-state index in [2.05, 4.69) is 34.2 Å². The Bertz CT molecular complexity index is 449. The van der Waals surface area contributed by atoms with Gasteiger partial charge in [0.2, 0.25) is 0 Å². The quantitative estimate of drug-likeness (QED) is 0.818. The van der Waals surface area contributed by atoms with Crippen LogP contribution in [0, 0.1) is 10.5 Å². The maximum Gasteiger partial charge on any atom is 0.252 e. The van der Waals surface area contributed by atoms with Crippen LogP contribution < -0.4 is 5.32 Å². The first-order chi connectivity index (χ1) is 8.61. The zero-order chi connectivity index (χ0) is 13.1. The Labute approximate surface area is 126 Å². The van der Waals surface area contributed by atoms with Crippen molar-refractivity contribution in [2.45, 2.75) is 37.5 Å². The number of nitrogens with one attached hydrogen (secondary N) is 1. The van der Waals surface area contributed by atoms with Crippen molar-refractivity contribution in [2.75, 3.05) is 6.26 Å². The molecule has 1 fully saturated rings. The minimum absolute atomic E-state index is 0.0786. The van der Waals surface area contributed by atoms with Crippen LogP contribution in [0.3, 0.4) is 0 Å². The Kier molecular flexibility index (Phi) is 4.95. The van der Waals surface area contributed by atoms with Crippen molar-refractivity contribution in [3.8, 4) is 0 Å². The van der Waals surface area contributed by atoms with Crippen molar-refractivity contribution < 1.29 is 4.79 Å². The number of thioether (sulfide) groups is 1. The van der Waals surface area contributed by atoms with E-state index in [1.54, 1.807) is 0 Å². The Balaban J connectivity index is 2.02. The van der Waals surface area contributed by atoms with E-state index in [0.29, 0.717) is 11.3 Å². The van der Waals surface area contributed by atoms with Crippen LogP contribution in [0.15, 0.2) is 18.2 Å². The standard InChI is InChI=1S/C14H18INOS/c1-9-4-3-5-12(13(9)15)14(17)16-10-6-7-11(8-10)18-2/h3-5,10-11H,6-8H2,1-2H3,(H,16,17). The number of benzene rings is 1. The molecule has 1 aromatic rings. The summed E-state index contributed by atoms with van der Waals surface area (Å²) >= 11 is 4.17. The normalized spacial score (nSPS) is 23.1. The molecule has 2 rings (SSSR count). The van der Waals surface area contributed by atoms with Gasteiger partial charge in [-0.25, -0.2) is 0 Å². The molecule has 1 aliphatic carbocycles. The maximum atomic E-state index is 12.2. The van der Waals surface area contributed by atoms with E-state index in [0.717, 1.165) is 27.5 Å². The van der Waals surface area contributed by atoms with Gasteiger partial charge in [-0.05, 0) is 66.7 Å². The van der Waals surface area contributed by atoms with Crippen LogP contribution in [0.5, 0.6) is 0 Å². The highest BCUT2D eigenvalue weighted by atomic mass is 127. The van der Waals surface area contributed by atoms with E-state index in [4.69, 9.17) is 0 Å². The molecule has 0 heterocycles. The molecular weight excluding hydrogens is 357 g/mol. The van der Waals surface area contributed by atoms with Crippen molar-refractivity contribution >= 4 is 40.3 Å². The lowest BCUT2D eigenvalue weighted by Crippen LogP contribution is -2.33. The first-order valence-electron chi connectivity index (χ1n) is 6.20. The lowest BCUT2D eigenvalue weighted by Gasteiger charge is -2.14. The summed E-state index contributed by atoms with van der Waals surface area (Å²) in [6, 6.07) is 6.25. The molecule has 18 heavy (non-hydrogen) atoms. The van der Waals surface area contributed by atoms with Crippen molar-refractivity contribution in [3.63, 3.8) is 0 Å². The van der Waals surface area contributed by atoms with Gasteiger partial charge < -0.3 is 5.32 Å². The van der Waals surface area contributed by atoms with Crippen LogP contribution >= 0.6 is 34.4 Å². The molecule has 1 saturated carbocycles. The number of aryl methyl sites for hydroxylation is 1. The van der Waals surface area contributed by atoms with E-state index >= 15 is 0 Å². The summed E-state index contributed by atoms with van der Waals surface area (Å²) in [7, 11) is 0. The van der Waals surface area contributed by atoms with Gasteiger partial charge in [0.05, 0.1) is 5.56 Å². The Morgan fingerprint density at radius 3 is 2.89 bits per heavy atom. The predicted octanol–water partition coefficient (Wildman–Crippen LogP) is 3.61. The number of hydrogen-bond acceptors (Lipinski definition) is 2. The Morgan fingerprint density at radius 1 is 1.44 bits per heavy atom. The highest BCUT2D eigenvalue weighted by molar-refractivity contribution is 14.1. The van der Waals surface area contributed by atoms with Gasteiger partial charge in [-0.1, -0.05) is 12.1 Å². The van der Waals surface area contributed by atoms with Crippen LogP contribution in [-0.4, -0.2) is 23.5 Å². The molecular formula is C14H18INOS. The zero-order valence-electron chi connectivity index (χ0n) is 10.7. The third-order valence-electron chi connectivity index (χ3n) is 3.49. The molecule has 2 unspecified atom stereocenters. The molecule has 1 amide bonds. The second-order valence-corrected chi connectivity index (χ2v) is 6.99. The lowest BCUT2D eigenvalue weighted by atomic mass is 10.1. The van der Waals surface area contributed by atoms with Gasteiger partial charge in [0, 0.05) is 14.9 Å². The van der Waals surface area contributed by atoms with Gasteiger partial charge in [-0.2, -0.15) is 11.8 Å². The molecule has 2 nitrogen and oxygen atoms in total. The van der Waals surface area contributed by atoms with Crippen molar-refractivity contribution in [1.29, 1.82) is 0 Å². The zero-order valence-corrected chi connectivity index (χ0v) is 13.7. The second-order valence-electron chi connectivity index (χ2n) is 4.78. The molecule has 0 radical (unpaired) electrons. The van der Waals surface area contributed by atoms with Gasteiger partial charge in [0.15, 0.2) is 0 Å². The van der Waals surface area contributed by atoms with E-state index in [9.17, 15) is 4.79 Å². The van der Waals surface area contributed by atoms with E-state index in [1.165, 1.54) is 6.42 Å². The Hall–Kier alpha value is -0.230. The SMILES string of the molecule is CSC1CCC(NC(=O)c2cccc(C)c2I)C1. The number of carbonyl (C=O) groups is 1. The molecule has 1 aliphatic rings. The molecule has 0 aromatic heterocycles. The number of carbonyl (C=O) groups excluding carboxylic acids is 1. The summed E-state index contributed by atoms with van der Waals surface area (Å²) in [5.41, 5.74) is 1.97. The average molecular weight is 375 g/mol. The van der Waals surface area contributed by atoms with Crippen molar-refractivity contribution in [2.24, 2.45) is 0 Å². The fourth-order valence-corrected chi connectivity index (χ4v) is 3.77. The largest absolute Gasteiger partial charge is 0.349 e. The number of rotatable bonds is 3. The van der Waals surface area contributed by atoms with Crippen molar-refractivity contribution in [3.05, 3.63) is 32.9 Å². The first-order valence-corrected chi connectivity index (χ1v) is 8.57. The third kappa shape index (κ3) is 3.20. The summed E-state index contributed by atoms with van der Waals surface area (Å²) in [6.07, 6.45) is 5.59. The highest BCUT2D eigenvalue weighted by Crippen LogP contribution is 2.28. The van der Waals surface area contributed by atoms with Crippen LogP contribution in [0.2, 0.25) is 0 Å². The number of amides is 1. The summed E-state index contributed by atoms with van der Waals surface area (Å²) in [6.45, 7) is 2.04. The third-order valence-corrected chi connectivity index (χ3v) is 6.02. The van der Waals surface area contributed by atoms with Crippen LogP contribution in [0.4, 0.5) is 0 Å². The Morgan fingerprint density at radius 2 is 2.22 bits per heavy atom. The van der Waals surface area contributed by atoms with E-state index in [1.807, 2.05) is 36.9 Å². The molecule has 0 saturated heterocycles. The molecule has 2 atom stereocenters. The van der Waals surface area contributed by atoms with E-state index in [-0.39, 0.29) is 5.91 Å². The van der Waals surface area contributed by atoms with Gasteiger partial charge >= 0.3 is 0 Å². The topological polar surface area (TPSA) is 29.1 Å². The summed E-state index contributed by atoms with van der Waals surface area (Å²) in [5, 5.41) is 3.89. The summed E-state index contributed by atoms with van der Waals surface area (Å²) in [4.78, 5) is 12.2. The minimum Gasteiger partial charge on any atom is -0.349 e. The smallest absolute Gasteiger partial charge is 0.252 e. The molecule has 1 N–H and O–H groups in total. The monoisotopic (exact) mass is 375 g/mol. The fraction of sp³-hybridized carbons (Fsp3) is 0.500. The highest BCUT2D eigenvalue weighted by Gasteiger charge is 2.25. The van der Waals surface area contributed by atoms with Gasteiger partial charge in [0.1, 0.15) is 0 Å². The molecule has 0 bridgehead atoms. The van der Waals surface area contributed by atoms with Gasteiger partial charge in [-0.15, -0.1) is 0 Å². The maximum absolute atomic E-state index is 12.2. The lowest BCUT2D eigenvalue weighted by molar-refractivity contribution is 0.0937. The molecule has 0 spiro atoms. The molecule has 1 aromatic carbocycles. The van der Waals surface area contributed by atoms with Crippen LogP contribution in [0.25, 0.3) is 0 Å². The van der Waals surface area contributed by atoms with Crippen molar-refractivity contribution in [1.82, 2.24) is 5.32 Å². The number of hydrogen-bond donors (Lipinski definition) is 1.